The van der Waals surface area contributed by atoms with Gasteiger partial charge >= 0.3 is 0 Å². The standard InChI is InChI=1S/C17H23N3/c1-20(2)12-11-17(13-3-7-15(18)8-4-13)14-5-9-16(19)10-6-14/h3-10,17H,11-12,18-19H2,1-2H3. The van der Waals surface area contributed by atoms with Gasteiger partial charge in [-0.3, -0.25) is 0 Å². The van der Waals surface area contributed by atoms with Crippen molar-refractivity contribution in [2.75, 3.05) is 32.1 Å². The molecule has 2 rings (SSSR count). The Morgan fingerprint density at radius 3 is 1.55 bits per heavy atom. The van der Waals surface area contributed by atoms with Gasteiger partial charge in [0.2, 0.25) is 0 Å². The fraction of sp³-hybridized carbons (Fsp3) is 0.294. The van der Waals surface area contributed by atoms with Crippen molar-refractivity contribution in [1.29, 1.82) is 0 Å². The lowest BCUT2D eigenvalue weighted by atomic mass is 9.88. The summed E-state index contributed by atoms with van der Waals surface area (Å²) in [5.74, 6) is 0.374. The molecule has 106 valence electrons. The first-order valence-electron chi connectivity index (χ1n) is 6.92. The average molecular weight is 269 g/mol. The maximum Gasteiger partial charge on any atom is 0.0314 e. The van der Waals surface area contributed by atoms with Crippen molar-refractivity contribution in [3.8, 4) is 0 Å². The smallest absolute Gasteiger partial charge is 0.0314 e. The van der Waals surface area contributed by atoms with Gasteiger partial charge < -0.3 is 16.4 Å². The summed E-state index contributed by atoms with van der Waals surface area (Å²) in [5.41, 5.74) is 15.8. The molecule has 2 aromatic carbocycles. The van der Waals surface area contributed by atoms with Gasteiger partial charge in [0.1, 0.15) is 0 Å². The van der Waals surface area contributed by atoms with Crippen LogP contribution in [0.5, 0.6) is 0 Å². The fourth-order valence-corrected chi connectivity index (χ4v) is 2.37. The van der Waals surface area contributed by atoms with Crippen molar-refractivity contribution < 1.29 is 0 Å². The van der Waals surface area contributed by atoms with E-state index in [4.69, 9.17) is 11.5 Å². The number of anilines is 2. The molecule has 0 aromatic heterocycles. The first kappa shape index (κ1) is 14.4. The van der Waals surface area contributed by atoms with Crippen LogP contribution in [0, 0.1) is 0 Å². The molecule has 0 atom stereocenters. The van der Waals surface area contributed by atoms with Gasteiger partial charge in [0.05, 0.1) is 0 Å². The van der Waals surface area contributed by atoms with Gasteiger partial charge in [-0.1, -0.05) is 24.3 Å². The molecule has 3 heteroatoms. The maximum absolute atomic E-state index is 5.78. The predicted molar refractivity (Wildman–Crippen MR) is 86.7 cm³/mol. The van der Waals surface area contributed by atoms with Crippen LogP contribution < -0.4 is 11.5 Å². The number of rotatable bonds is 5. The van der Waals surface area contributed by atoms with Crippen LogP contribution in [0.25, 0.3) is 0 Å². The molecule has 0 aliphatic rings. The molecule has 0 amide bonds. The predicted octanol–water partition coefficient (Wildman–Crippen LogP) is 2.93. The van der Waals surface area contributed by atoms with E-state index in [9.17, 15) is 0 Å². The van der Waals surface area contributed by atoms with E-state index in [0.717, 1.165) is 24.3 Å². The molecule has 0 radical (unpaired) electrons. The van der Waals surface area contributed by atoms with E-state index in [1.165, 1.54) is 11.1 Å². The van der Waals surface area contributed by atoms with E-state index in [0.29, 0.717) is 5.92 Å². The zero-order valence-electron chi connectivity index (χ0n) is 12.2. The zero-order valence-corrected chi connectivity index (χ0v) is 12.2. The van der Waals surface area contributed by atoms with E-state index in [1.54, 1.807) is 0 Å². The number of nitrogens with two attached hydrogens (primary N) is 2. The Morgan fingerprint density at radius 1 is 0.800 bits per heavy atom. The Balaban J connectivity index is 2.28. The number of nitrogens with zero attached hydrogens (tertiary/aromatic N) is 1. The zero-order chi connectivity index (χ0) is 14.5. The van der Waals surface area contributed by atoms with E-state index in [1.807, 2.05) is 24.3 Å². The highest BCUT2D eigenvalue weighted by Gasteiger charge is 2.14. The summed E-state index contributed by atoms with van der Waals surface area (Å²) in [6.07, 6.45) is 1.07. The van der Waals surface area contributed by atoms with E-state index in [-0.39, 0.29) is 0 Å². The normalized spacial score (nSPS) is 11.2. The first-order valence-corrected chi connectivity index (χ1v) is 6.92. The van der Waals surface area contributed by atoms with E-state index >= 15 is 0 Å². The highest BCUT2D eigenvalue weighted by Crippen LogP contribution is 2.29. The summed E-state index contributed by atoms with van der Waals surface area (Å²) < 4.78 is 0. The SMILES string of the molecule is CN(C)CCC(c1ccc(N)cc1)c1ccc(N)cc1. The Morgan fingerprint density at radius 2 is 1.20 bits per heavy atom. The molecule has 0 heterocycles. The van der Waals surface area contributed by atoms with Gasteiger partial charge in [-0.25, -0.2) is 0 Å². The van der Waals surface area contributed by atoms with Gasteiger partial charge in [0, 0.05) is 17.3 Å². The van der Waals surface area contributed by atoms with Crippen molar-refractivity contribution in [3.63, 3.8) is 0 Å². The summed E-state index contributed by atoms with van der Waals surface area (Å²) in [6.45, 7) is 1.04. The molecule has 0 aliphatic carbocycles. The van der Waals surface area contributed by atoms with Crippen LogP contribution >= 0.6 is 0 Å². The van der Waals surface area contributed by atoms with Crippen LogP contribution in [0.15, 0.2) is 48.5 Å². The van der Waals surface area contributed by atoms with Gasteiger partial charge in [0.15, 0.2) is 0 Å². The van der Waals surface area contributed by atoms with Gasteiger partial charge in [-0.15, -0.1) is 0 Å². The van der Waals surface area contributed by atoms with Crippen molar-refractivity contribution in [2.24, 2.45) is 0 Å². The Kier molecular flexibility index (Phi) is 4.64. The molecule has 3 nitrogen and oxygen atoms in total. The third-order valence-electron chi connectivity index (χ3n) is 3.54. The Hall–Kier alpha value is -2.00. The molecule has 0 spiro atoms. The summed E-state index contributed by atoms with van der Waals surface area (Å²) in [5, 5.41) is 0. The number of nitrogen functional groups attached to an aromatic ring is 2. The van der Waals surface area contributed by atoms with Crippen LogP contribution in [-0.4, -0.2) is 25.5 Å². The van der Waals surface area contributed by atoms with Crippen molar-refractivity contribution in [2.45, 2.75) is 12.3 Å². The highest BCUT2D eigenvalue weighted by atomic mass is 15.0. The maximum atomic E-state index is 5.78. The molecule has 2 aromatic rings. The van der Waals surface area contributed by atoms with Crippen LogP contribution in [-0.2, 0) is 0 Å². The second kappa shape index (κ2) is 6.44. The fourth-order valence-electron chi connectivity index (χ4n) is 2.37. The van der Waals surface area contributed by atoms with Crippen LogP contribution in [0.4, 0.5) is 11.4 Å². The van der Waals surface area contributed by atoms with Crippen molar-refractivity contribution >= 4 is 11.4 Å². The monoisotopic (exact) mass is 269 g/mol. The topological polar surface area (TPSA) is 55.3 Å². The van der Waals surface area contributed by atoms with Crippen LogP contribution in [0.1, 0.15) is 23.5 Å². The van der Waals surface area contributed by atoms with Gasteiger partial charge in [0.25, 0.3) is 0 Å². The average Bonchev–Trinajstić information content (AvgIpc) is 2.42. The second-order valence-electron chi connectivity index (χ2n) is 5.48. The van der Waals surface area contributed by atoms with E-state index in [2.05, 4.69) is 43.3 Å². The lowest BCUT2D eigenvalue weighted by Crippen LogP contribution is -2.16. The number of benzene rings is 2. The quantitative estimate of drug-likeness (QED) is 0.821. The summed E-state index contributed by atoms with van der Waals surface area (Å²) in [4.78, 5) is 2.21. The Labute approximate surface area is 121 Å². The Bertz CT molecular complexity index is 484. The molecule has 4 N–H and O–H groups in total. The van der Waals surface area contributed by atoms with Gasteiger partial charge in [-0.05, 0) is 62.5 Å². The van der Waals surface area contributed by atoms with Crippen molar-refractivity contribution in [3.05, 3.63) is 59.7 Å². The van der Waals surface area contributed by atoms with E-state index < -0.39 is 0 Å². The largest absolute Gasteiger partial charge is 0.399 e. The molecule has 0 bridgehead atoms. The number of hydrogen-bond donors (Lipinski definition) is 2. The highest BCUT2D eigenvalue weighted by molar-refractivity contribution is 5.45. The molecule has 0 aliphatic heterocycles. The molecule has 0 unspecified atom stereocenters. The summed E-state index contributed by atoms with van der Waals surface area (Å²) >= 11 is 0. The summed E-state index contributed by atoms with van der Waals surface area (Å²) in [7, 11) is 4.20. The van der Waals surface area contributed by atoms with Crippen molar-refractivity contribution in [1.82, 2.24) is 4.90 Å². The lowest BCUT2D eigenvalue weighted by molar-refractivity contribution is 0.390. The number of hydrogen-bond acceptors (Lipinski definition) is 3. The lowest BCUT2D eigenvalue weighted by Gasteiger charge is -2.20. The minimum absolute atomic E-state index is 0.374. The molecular weight excluding hydrogens is 246 g/mol. The third kappa shape index (κ3) is 3.75. The third-order valence-corrected chi connectivity index (χ3v) is 3.54. The van der Waals surface area contributed by atoms with Crippen LogP contribution in [0.2, 0.25) is 0 Å². The minimum atomic E-state index is 0.374. The van der Waals surface area contributed by atoms with Crippen LogP contribution in [0.3, 0.4) is 0 Å². The summed E-state index contributed by atoms with van der Waals surface area (Å²) in [6, 6.07) is 16.3. The minimum Gasteiger partial charge on any atom is -0.399 e. The molecule has 20 heavy (non-hydrogen) atoms. The molecular formula is C17H23N3. The van der Waals surface area contributed by atoms with Gasteiger partial charge in [-0.2, -0.15) is 0 Å². The first-order chi connectivity index (χ1) is 9.56. The second-order valence-corrected chi connectivity index (χ2v) is 5.48. The molecule has 0 saturated heterocycles. The molecule has 0 saturated carbocycles. The molecule has 0 fully saturated rings.